The highest BCUT2D eigenvalue weighted by molar-refractivity contribution is 9.13. The summed E-state index contributed by atoms with van der Waals surface area (Å²) in [6.07, 6.45) is 0. The van der Waals surface area contributed by atoms with Crippen LogP contribution in [0.3, 0.4) is 0 Å². The van der Waals surface area contributed by atoms with Crippen LogP contribution in [0.5, 0.6) is 5.75 Å². The Labute approximate surface area is 132 Å². The van der Waals surface area contributed by atoms with E-state index in [0.29, 0.717) is 4.88 Å². The standard InChI is InChI=1S/C13H11Br2NO2S/c1-7-5-8(18-2)3-4-10(7)16-13(17)11-6-9(14)12(15)19-11/h3-6H,1-2H3,(H,16,17). The minimum Gasteiger partial charge on any atom is -0.497 e. The number of aryl methyl sites for hydroxylation is 1. The Kier molecular flexibility index (Phi) is 4.65. The van der Waals surface area contributed by atoms with Crippen molar-refractivity contribution in [2.45, 2.75) is 6.92 Å². The summed E-state index contributed by atoms with van der Waals surface area (Å²) in [5, 5.41) is 2.89. The van der Waals surface area contributed by atoms with E-state index < -0.39 is 0 Å². The lowest BCUT2D eigenvalue weighted by Gasteiger charge is -2.08. The smallest absolute Gasteiger partial charge is 0.265 e. The molecule has 100 valence electrons. The van der Waals surface area contributed by atoms with Gasteiger partial charge in [-0.15, -0.1) is 11.3 Å². The first-order valence-electron chi connectivity index (χ1n) is 5.42. The SMILES string of the molecule is COc1ccc(NC(=O)c2cc(Br)c(Br)s2)c(C)c1. The van der Waals surface area contributed by atoms with Crippen LogP contribution in [0.4, 0.5) is 5.69 Å². The van der Waals surface area contributed by atoms with Crippen LogP contribution in [0.1, 0.15) is 15.2 Å². The summed E-state index contributed by atoms with van der Waals surface area (Å²) in [5.74, 6) is 0.654. The number of ether oxygens (including phenoxy) is 1. The number of rotatable bonds is 3. The number of benzene rings is 1. The van der Waals surface area contributed by atoms with Crippen molar-refractivity contribution < 1.29 is 9.53 Å². The maximum absolute atomic E-state index is 12.1. The summed E-state index contributed by atoms with van der Waals surface area (Å²) < 4.78 is 6.93. The molecule has 1 heterocycles. The summed E-state index contributed by atoms with van der Waals surface area (Å²) in [6.45, 7) is 1.93. The molecule has 1 aromatic carbocycles. The van der Waals surface area contributed by atoms with Crippen molar-refractivity contribution in [2.75, 3.05) is 12.4 Å². The van der Waals surface area contributed by atoms with Crippen molar-refractivity contribution in [3.8, 4) is 5.75 Å². The van der Waals surface area contributed by atoms with Gasteiger partial charge in [-0.1, -0.05) is 0 Å². The second-order valence-corrected chi connectivity index (χ2v) is 7.09. The lowest BCUT2D eigenvalue weighted by atomic mass is 10.2. The summed E-state index contributed by atoms with van der Waals surface area (Å²) >= 11 is 8.14. The lowest BCUT2D eigenvalue weighted by molar-refractivity contribution is 0.103. The topological polar surface area (TPSA) is 38.3 Å². The maximum atomic E-state index is 12.1. The van der Waals surface area contributed by atoms with Gasteiger partial charge in [-0.2, -0.15) is 0 Å². The molecule has 0 saturated carbocycles. The van der Waals surface area contributed by atoms with Gasteiger partial charge in [-0.25, -0.2) is 0 Å². The molecule has 19 heavy (non-hydrogen) atoms. The molecule has 0 aliphatic heterocycles. The van der Waals surface area contributed by atoms with Gasteiger partial charge < -0.3 is 10.1 Å². The molecular weight excluding hydrogens is 394 g/mol. The van der Waals surface area contributed by atoms with E-state index in [0.717, 1.165) is 25.3 Å². The number of methoxy groups -OCH3 is 1. The van der Waals surface area contributed by atoms with Gasteiger partial charge in [0.15, 0.2) is 0 Å². The highest BCUT2D eigenvalue weighted by Gasteiger charge is 2.13. The van der Waals surface area contributed by atoms with Crippen molar-refractivity contribution in [3.63, 3.8) is 0 Å². The van der Waals surface area contributed by atoms with Gasteiger partial charge in [0.2, 0.25) is 0 Å². The minimum atomic E-state index is -0.121. The van der Waals surface area contributed by atoms with Crippen molar-refractivity contribution in [1.82, 2.24) is 0 Å². The van der Waals surface area contributed by atoms with Crippen molar-refractivity contribution in [2.24, 2.45) is 0 Å². The average molecular weight is 405 g/mol. The molecule has 0 bridgehead atoms. The molecule has 6 heteroatoms. The van der Waals surface area contributed by atoms with Gasteiger partial charge in [0, 0.05) is 10.2 Å². The summed E-state index contributed by atoms with van der Waals surface area (Å²) in [7, 11) is 1.62. The second-order valence-electron chi connectivity index (χ2n) is 3.87. The molecule has 0 fully saturated rings. The molecule has 2 rings (SSSR count). The lowest BCUT2D eigenvalue weighted by Crippen LogP contribution is -2.11. The molecular formula is C13H11Br2NO2S. The van der Waals surface area contributed by atoms with Crippen LogP contribution < -0.4 is 10.1 Å². The second kappa shape index (κ2) is 6.07. The minimum absolute atomic E-state index is 0.121. The quantitative estimate of drug-likeness (QED) is 0.794. The Balaban J connectivity index is 2.19. The van der Waals surface area contributed by atoms with Gasteiger partial charge in [0.1, 0.15) is 5.75 Å². The van der Waals surface area contributed by atoms with E-state index in [1.807, 2.05) is 25.1 Å². The van der Waals surface area contributed by atoms with E-state index in [2.05, 4.69) is 37.2 Å². The molecule has 1 N–H and O–H groups in total. The normalized spacial score (nSPS) is 10.3. The Morgan fingerprint density at radius 3 is 2.58 bits per heavy atom. The van der Waals surface area contributed by atoms with Gasteiger partial charge in [-0.05, 0) is 68.6 Å². The van der Waals surface area contributed by atoms with E-state index >= 15 is 0 Å². The fraction of sp³-hybridized carbons (Fsp3) is 0.154. The van der Waals surface area contributed by atoms with Gasteiger partial charge >= 0.3 is 0 Å². The van der Waals surface area contributed by atoms with Crippen LogP contribution in [-0.4, -0.2) is 13.0 Å². The van der Waals surface area contributed by atoms with Crippen molar-refractivity contribution in [3.05, 3.63) is 43.0 Å². The summed E-state index contributed by atoms with van der Waals surface area (Å²) in [6, 6.07) is 7.34. The number of carbonyl (C=O) groups excluding carboxylic acids is 1. The fourth-order valence-corrected chi connectivity index (χ4v) is 3.48. The number of carbonyl (C=O) groups is 1. The molecule has 0 spiro atoms. The fourth-order valence-electron chi connectivity index (χ4n) is 1.55. The summed E-state index contributed by atoms with van der Waals surface area (Å²) in [5.41, 5.74) is 1.74. The Hall–Kier alpha value is -0.850. The molecule has 2 aromatic rings. The molecule has 0 atom stereocenters. The van der Waals surface area contributed by atoms with E-state index in [4.69, 9.17) is 4.74 Å². The molecule has 0 unspecified atom stereocenters. The monoisotopic (exact) mass is 403 g/mol. The average Bonchev–Trinajstić information content (AvgIpc) is 2.72. The number of halogens is 2. The third-order valence-corrected chi connectivity index (χ3v) is 5.81. The van der Waals surface area contributed by atoms with E-state index in [1.54, 1.807) is 13.2 Å². The number of amides is 1. The predicted octanol–water partition coefficient (Wildman–Crippen LogP) is 4.84. The van der Waals surface area contributed by atoms with E-state index in [1.165, 1.54) is 11.3 Å². The number of hydrogen-bond acceptors (Lipinski definition) is 3. The first-order valence-corrected chi connectivity index (χ1v) is 7.82. The van der Waals surface area contributed by atoms with Crippen molar-refractivity contribution >= 4 is 54.8 Å². The highest BCUT2D eigenvalue weighted by Crippen LogP contribution is 2.33. The molecule has 3 nitrogen and oxygen atoms in total. The molecule has 0 radical (unpaired) electrons. The predicted molar refractivity (Wildman–Crippen MR) is 85.4 cm³/mol. The van der Waals surface area contributed by atoms with Gasteiger partial charge in [-0.3, -0.25) is 4.79 Å². The third-order valence-electron chi connectivity index (χ3n) is 2.55. The number of anilines is 1. The van der Waals surface area contributed by atoms with Gasteiger partial charge in [0.05, 0.1) is 15.8 Å². The van der Waals surface area contributed by atoms with Crippen LogP contribution in [-0.2, 0) is 0 Å². The molecule has 1 aromatic heterocycles. The number of hydrogen-bond donors (Lipinski definition) is 1. The zero-order valence-electron chi connectivity index (χ0n) is 10.3. The van der Waals surface area contributed by atoms with Crippen LogP contribution >= 0.6 is 43.2 Å². The van der Waals surface area contributed by atoms with Crippen LogP contribution in [0, 0.1) is 6.92 Å². The molecule has 0 saturated heterocycles. The molecule has 0 aliphatic carbocycles. The first kappa shape index (κ1) is 14.6. The largest absolute Gasteiger partial charge is 0.497 e. The Morgan fingerprint density at radius 2 is 2.05 bits per heavy atom. The van der Waals surface area contributed by atoms with Crippen LogP contribution in [0.15, 0.2) is 32.5 Å². The number of nitrogens with one attached hydrogen (secondary N) is 1. The Bertz CT molecular complexity index is 606. The zero-order valence-corrected chi connectivity index (χ0v) is 14.3. The molecule has 1 amide bonds. The third kappa shape index (κ3) is 3.38. The van der Waals surface area contributed by atoms with Gasteiger partial charge in [0.25, 0.3) is 5.91 Å². The maximum Gasteiger partial charge on any atom is 0.265 e. The zero-order chi connectivity index (χ0) is 14.0. The van der Waals surface area contributed by atoms with Crippen LogP contribution in [0.2, 0.25) is 0 Å². The highest BCUT2D eigenvalue weighted by atomic mass is 79.9. The van der Waals surface area contributed by atoms with Crippen molar-refractivity contribution in [1.29, 1.82) is 0 Å². The Morgan fingerprint density at radius 1 is 1.32 bits per heavy atom. The van der Waals surface area contributed by atoms with E-state index in [9.17, 15) is 4.79 Å². The number of thiophene rings is 1. The summed E-state index contributed by atoms with van der Waals surface area (Å²) in [4.78, 5) is 12.8. The van der Waals surface area contributed by atoms with Crippen LogP contribution in [0.25, 0.3) is 0 Å². The van der Waals surface area contributed by atoms with E-state index in [-0.39, 0.29) is 5.91 Å². The first-order chi connectivity index (χ1) is 9.01. The molecule has 0 aliphatic rings.